The largest absolute Gasteiger partial charge is 0.390 e. The Morgan fingerprint density at radius 3 is 2.46 bits per heavy atom. The van der Waals surface area contributed by atoms with Crippen LogP contribution < -0.4 is 10.6 Å². The van der Waals surface area contributed by atoms with Crippen LogP contribution in [0, 0.1) is 15.2 Å². The van der Waals surface area contributed by atoms with Crippen molar-refractivity contribution < 1.29 is 18.7 Å². The minimum absolute atomic E-state index is 0.125. The molecule has 2 aromatic rings. The number of halogens is 3. The number of nitrogens with one attached hydrogen (secondary N) is 2. The van der Waals surface area contributed by atoms with E-state index >= 15 is 0 Å². The highest BCUT2D eigenvalue weighted by atomic mass is 127. The molecule has 1 amide bonds. The van der Waals surface area contributed by atoms with Gasteiger partial charge in [-0.2, -0.15) is 0 Å². The predicted molar refractivity (Wildman–Crippen MR) is 105 cm³/mol. The fourth-order valence-corrected chi connectivity index (χ4v) is 3.29. The number of benzene rings is 2. The maximum atomic E-state index is 13.4. The van der Waals surface area contributed by atoms with Crippen molar-refractivity contribution in [1.82, 2.24) is 10.6 Å². The van der Waals surface area contributed by atoms with Crippen LogP contribution in [0.3, 0.4) is 0 Å². The van der Waals surface area contributed by atoms with E-state index in [1.54, 1.807) is 0 Å². The second-order valence-corrected chi connectivity index (χ2v) is 7.36. The van der Waals surface area contributed by atoms with Gasteiger partial charge in [0.15, 0.2) is 0 Å². The summed E-state index contributed by atoms with van der Waals surface area (Å²) in [5.74, 6) is -1.69. The average Bonchev–Trinajstić information content (AvgIpc) is 2.53. The van der Waals surface area contributed by atoms with Crippen LogP contribution in [0.1, 0.15) is 18.1 Å². The highest BCUT2D eigenvalue weighted by Gasteiger charge is 2.21. The second-order valence-electron chi connectivity index (χ2n) is 6.12. The maximum absolute atomic E-state index is 13.4. The first-order valence-electron chi connectivity index (χ1n) is 8.19. The topological polar surface area (TPSA) is 61.4 Å². The van der Waals surface area contributed by atoms with Gasteiger partial charge in [-0.3, -0.25) is 4.79 Å². The van der Waals surface area contributed by atoms with Crippen LogP contribution in [-0.2, 0) is 17.8 Å². The van der Waals surface area contributed by atoms with Gasteiger partial charge in [0.05, 0.1) is 12.1 Å². The highest BCUT2D eigenvalue weighted by molar-refractivity contribution is 14.1. The molecule has 0 aliphatic carbocycles. The van der Waals surface area contributed by atoms with E-state index < -0.39 is 23.8 Å². The molecule has 3 N–H and O–H groups in total. The van der Waals surface area contributed by atoms with Gasteiger partial charge in [-0.25, -0.2) is 8.78 Å². The van der Waals surface area contributed by atoms with Gasteiger partial charge in [0.2, 0.25) is 5.91 Å². The molecule has 0 aromatic heterocycles. The quantitative estimate of drug-likeness (QED) is 0.516. The lowest BCUT2D eigenvalue weighted by Crippen LogP contribution is -2.48. The van der Waals surface area contributed by atoms with Crippen molar-refractivity contribution in [3.05, 3.63) is 68.8 Å². The lowest BCUT2D eigenvalue weighted by Gasteiger charge is -2.24. The molecule has 26 heavy (non-hydrogen) atoms. The molecule has 0 spiro atoms. The summed E-state index contributed by atoms with van der Waals surface area (Å²) in [4.78, 5) is 11.4. The molecule has 4 nitrogen and oxygen atoms in total. The van der Waals surface area contributed by atoms with Crippen molar-refractivity contribution in [1.29, 1.82) is 0 Å². The van der Waals surface area contributed by atoms with Gasteiger partial charge in [-0.15, -0.1) is 0 Å². The van der Waals surface area contributed by atoms with Crippen molar-refractivity contribution in [2.24, 2.45) is 0 Å². The van der Waals surface area contributed by atoms with Crippen LogP contribution in [0.5, 0.6) is 0 Å². The Kier molecular flexibility index (Phi) is 7.92. The zero-order valence-electron chi connectivity index (χ0n) is 14.3. The monoisotopic (exact) mass is 474 g/mol. The van der Waals surface area contributed by atoms with Gasteiger partial charge < -0.3 is 15.7 Å². The predicted octanol–water partition coefficient (Wildman–Crippen LogP) is 2.77. The van der Waals surface area contributed by atoms with Gasteiger partial charge in [-0.1, -0.05) is 12.1 Å². The van der Waals surface area contributed by atoms with E-state index in [-0.39, 0.29) is 18.9 Å². The van der Waals surface area contributed by atoms with Crippen molar-refractivity contribution in [3.8, 4) is 0 Å². The lowest BCUT2D eigenvalue weighted by molar-refractivity contribution is -0.120. The first-order chi connectivity index (χ1) is 12.3. The van der Waals surface area contributed by atoms with Crippen molar-refractivity contribution in [3.63, 3.8) is 0 Å². The van der Waals surface area contributed by atoms with Gasteiger partial charge in [-0.05, 0) is 64.4 Å². The summed E-state index contributed by atoms with van der Waals surface area (Å²) in [5.41, 5.74) is 1.45. The average molecular weight is 474 g/mol. The Hall–Kier alpha value is -1.58. The normalized spacial score (nSPS) is 13.3. The Labute approximate surface area is 165 Å². The molecule has 0 aliphatic rings. The van der Waals surface area contributed by atoms with E-state index in [0.29, 0.717) is 12.1 Å². The Morgan fingerprint density at radius 2 is 1.85 bits per heavy atom. The fourth-order valence-electron chi connectivity index (χ4n) is 2.68. The minimum atomic E-state index is -0.909. The molecule has 2 aromatic carbocycles. The molecule has 7 heteroatoms. The molecule has 0 saturated heterocycles. The molecule has 0 unspecified atom stereocenters. The number of rotatable bonds is 8. The van der Waals surface area contributed by atoms with Crippen LogP contribution in [0.2, 0.25) is 0 Å². The number of carbonyl (C=O) groups excluding carboxylic acids is 1. The lowest BCUT2D eigenvalue weighted by atomic mass is 10.0. The summed E-state index contributed by atoms with van der Waals surface area (Å²) in [5, 5.41) is 16.2. The summed E-state index contributed by atoms with van der Waals surface area (Å²) in [6.07, 6.45) is -0.784. The number of hydrogen-bond acceptors (Lipinski definition) is 3. The summed E-state index contributed by atoms with van der Waals surface area (Å²) >= 11 is 2.23. The first-order valence-corrected chi connectivity index (χ1v) is 9.26. The van der Waals surface area contributed by atoms with E-state index in [4.69, 9.17) is 0 Å². The SMILES string of the molecule is CC(=O)N[C@@H](Cc1cc(F)cc(F)c1)[C@H](O)CNCc1cccc(I)c1. The second kappa shape index (κ2) is 9.94. The molecule has 0 saturated carbocycles. The number of carbonyl (C=O) groups is 1. The van der Waals surface area contributed by atoms with Gasteiger partial charge in [0.1, 0.15) is 11.6 Å². The number of aliphatic hydroxyl groups is 1. The van der Waals surface area contributed by atoms with Crippen molar-refractivity contribution in [2.75, 3.05) is 6.54 Å². The van der Waals surface area contributed by atoms with E-state index in [1.165, 1.54) is 19.1 Å². The molecule has 0 fully saturated rings. The third-order valence-corrected chi connectivity index (χ3v) is 4.47. The van der Waals surface area contributed by atoms with E-state index in [9.17, 15) is 18.7 Å². The fraction of sp³-hybridized carbons (Fsp3) is 0.316. The van der Waals surface area contributed by atoms with E-state index in [0.717, 1.165) is 15.2 Å². The molecule has 0 heterocycles. The molecule has 0 radical (unpaired) electrons. The van der Waals surface area contributed by atoms with Crippen LogP contribution in [-0.4, -0.2) is 29.7 Å². The molecule has 140 valence electrons. The molecule has 2 rings (SSSR count). The Balaban J connectivity index is 1.97. The zero-order chi connectivity index (χ0) is 19.1. The highest BCUT2D eigenvalue weighted by Crippen LogP contribution is 2.12. The van der Waals surface area contributed by atoms with Crippen LogP contribution in [0.25, 0.3) is 0 Å². The van der Waals surface area contributed by atoms with Gasteiger partial charge in [0, 0.05) is 29.6 Å². The Morgan fingerprint density at radius 1 is 1.15 bits per heavy atom. The first kappa shape index (κ1) is 20.7. The minimum Gasteiger partial charge on any atom is -0.390 e. The third kappa shape index (κ3) is 6.97. The van der Waals surface area contributed by atoms with E-state index in [1.807, 2.05) is 24.3 Å². The van der Waals surface area contributed by atoms with Gasteiger partial charge >= 0.3 is 0 Å². The molecule has 0 bridgehead atoms. The summed E-state index contributed by atoms with van der Waals surface area (Å²) < 4.78 is 27.8. The van der Waals surface area contributed by atoms with Crippen molar-refractivity contribution in [2.45, 2.75) is 32.0 Å². The van der Waals surface area contributed by atoms with Crippen LogP contribution in [0.4, 0.5) is 8.78 Å². The Bertz CT molecular complexity index is 738. The summed E-state index contributed by atoms with van der Waals surface area (Å²) in [6.45, 7) is 2.13. The maximum Gasteiger partial charge on any atom is 0.217 e. The van der Waals surface area contributed by atoms with Crippen LogP contribution in [0.15, 0.2) is 42.5 Å². The van der Waals surface area contributed by atoms with Crippen molar-refractivity contribution >= 4 is 28.5 Å². The number of aliphatic hydroxyl groups excluding tert-OH is 1. The molecule has 0 aliphatic heterocycles. The summed E-state index contributed by atoms with van der Waals surface area (Å²) in [7, 11) is 0. The third-order valence-electron chi connectivity index (χ3n) is 3.80. The smallest absolute Gasteiger partial charge is 0.217 e. The zero-order valence-corrected chi connectivity index (χ0v) is 16.5. The van der Waals surface area contributed by atoms with E-state index in [2.05, 4.69) is 33.2 Å². The molecular weight excluding hydrogens is 453 g/mol. The number of hydrogen-bond donors (Lipinski definition) is 3. The summed E-state index contributed by atoms with van der Waals surface area (Å²) in [6, 6.07) is 10.5. The van der Waals surface area contributed by atoms with Crippen LogP contribution >= 0.6 is 22.6 Å². The molecular formula is C19H21F2IN2O2. The standard InChI is InChI=1S/C19H21F2IN2O2/c1-12(25)24-18(8-14-5-15(20)9-16(21)6-14)19(26)11-23-10-13-3-2-4-17(22)7-13/h2-7,9,18-19,23,26H,8,10-11H2,1H3,(H,24,25)/t18-,19+/m0/s1. The van der Waals surface area contributed by atoms with Gasteiger partial charge in [0.25, 0.3) is 0 Å². The molecule has 2 atom stereocenters. The number of amides is 1.